The minimum absolute atomic E-state index is 0.204. The van der Waals surface area contributed by atoms with Crippen LogP contribution < -0.4 is 10.6 Å². The van der Waals surface area contributed by atoms with Crippen LogP contribution in [0.25, 0.3) is 0 Å². The van der Waals surface area contributed by atoms with Crippen molar-refractivity contribution >= 4 is 17.8 Å². The van der Waals surface area contributed by atoms with E-state index in [9.17, 15) is 75.7 Å². The number of aliphatic hydroxyl groups is 11. The molecule has 0 saturated carbocycles. The van der Waals surface area contributed by atoms with Gasteiger partial charge in [0, 0.05) is 19.8 Å². The van der Waals surface area contributed by atoms with Crippen molar-refractivity contribution in [3.63, 3.8) is 0 Å². The molecule has 456 valence electrons. The van der Waals surface area contributed by atoms with E-state index in [1.807, 2.05) is 6.08 Å². The highest BCUT2D eigenvalue weighted by molar-refractivity contribution is 5.77. The van der Waals surface area contributed by atoms with Gasteiger partial charge in [-0.1, -0.05) is 161 Å². The number of rotatable bonds is 41. The van der Waals surface area contributed by atoms with E-state index in [1.54, 1.807) is 6.08 Å². The van der Waals surface area contributed by atoms with Gasteiger partial charge in [-0.15, -0.1) is 0 Å². The fourth-order valence-electron chi connectivity index (χ4n) is 10.6. The second kappa shape index (κ2) is 38.3. The number of hydrogen-bond donors (Lipinski definition) is 14. The van der Waals surface area contributed by atoms with E-state index < -0.39 is 148 Å². The predicted molar refractivity (Wildman–Crippen MR) is 286 cm³/mol. The lowest BCUT2D eigenvalue weighted by atomic mass is 9.88. The van der Waals surface area contributed by atoms with Crippen LogP contribution in [0.4, 0.5) is 0 Å². The molecule has 0 spiro atoms. The predicted octanol–water partition coefficient (Wildman–Crippen LogP) is 2.41. The number of hydrogen-bond acceptors (Lipinski definition) is 19. The van der Waals surface area contributed by atoms with Crippen molar-refractivity contribution in [2.45, 2.75) is 304 Å². The van der Waals surface area contributed by atoms with Crippen LogP contribution >= 0.6 is 0 Å². The van der Waals surface area contributed by atoms with Crippen LogP contribution in [0.2, 0.25) is 0 Å². The highest BCUT2D eigenvalue weighted by Gasteiger charge is 2.57. The Kier molecular flexibility index (Phi) is 34.3. The Bertz CT molecular complexity index is 1670. The molecule has 2 amide bonds. The Morgan fingerprint density at radius 1 is 0.667 bits per heavy atom. The molecule has 3 saturated heterocycles. The summed E-state index contributed by atoms with van der Waals surface area (Å²) in [5.74, 6) is -5.78. The van der Waals surface area contributed by atoms with Crippen LogP contribution in [0.3, 0.4) is 0 Å². The summed E-state index contributed by atoms with van der Waals surface area (Å²) in [6, 6.07) is -2.50. The molecule has 3 rings (SSSR count). The Hall–Kier alpha value is -2.49. The zero-order valence-corrected chi connectivity index (χ0v) is 46.8. The lowest BCUT2D eigenvalue weighted by Gasteiger charge is -2.48. The summed E-state index contributed by atoms with van der Waals surface area (Å²) >= 11 is 0. The molecule has 3 fully saturated rings. The number of aliphatic hydroxyl groups excluding tert-OH is 11. The molecule has 0 aliphatic carbocycles. The summed E-state index contributed by atoms with van der Waals surface area (Å²) in [6.07, 6.45) is 2.98. The molecule has 3 aliphatic heterocycles. The number of amides is 2. The minimum Gasteiger partial charge on any atom is -0.477 e. The van der Waals surface area contributed by atoms with Crippen molar-refractivity contribution in [2.24, 2.45) is 0 Å². The average molecular weight is 1120 g/mol. The summed E-state index contributed by atoms with van der Waals surface area (Å²) in [4.78, 5) is 38.1. The topological polar surface area (TPSA) is 364 Å². The number of carbonyl (C=O) groups excluding carboxylic acids is 2. The molecule has 3 heterocycles. The fraction of sp³-hybridized carbons (Fsp3) is 0.911. The maximum atomic E-state index is 13.4. The summed E-state index contributed by atoms with van der Waals surface area (Å²) in [6.45, 7) is 2.65. The summed E-state index contributed by atoms with van der Waals surface area (Å²) < 4.78 is 28.9. The SMILES string of the molecule is CCCCCCCCCCCC/C=C\[C@@H](O)[C@H](C[C@@H]1O[C@H](CO)[C@@H](O[C@@H]2O[C@H](CO[C@]3(C(=O)O)C[C@H](O)[C@@H](NC(C)=O)[C@H]([C@H](O)[C@H](O)CO)O3)[C@H](O)[C@H](O)[C@H]2O)[C@H](O)[C@H]1O)NC(=O)CCCCCCCCCCCCCCC. The van der Waals surface area contributed by atoms with Gasteiger partial charge < -0.3 is 95.6 Å². The number of nitrogens with one attached hydrogen (secondary N) is 2. The van der Waals surface area contributed by atoms with Gasteiger partial charge in [-0.2, -0.15) is 0 Å². The Balaban J connectivity index is 1.68. The van der Waals surface area contributed by atoms with Crippen molar-refractivity contribution in [3.8, 4) is 0 Å². The van der Waals surface area contributed by atoms with Crippen molar-refractivity contribution in [1.82, 2.24) is 10.6 Å². The molecule has 18 atom stereocenters. The van der Waals surface area contributed by atoms with Crippen molar-refractivity contribution in [1.29, 1.82) is 0 Å². The first-order chi connectivity index (χ1) is 37.4. The molecule has 22 nitrogen and oxygen atoms in total. The second-order valence-corrected chi connectivity index (χ2v) is 22.0. The molecule has 0 aromatic rings. The Labute approximate surface area is 462 Å². The van der Waals surface area contributed by atoms with Crippen molar-refractivity contribution < 1.29 is 99.3 Å². The average Bonchev–Trinajstić information content (AvgIpc) is 3.48. The molecule has 3 aliphatic rings. The Morgan fingerprint density at radius 2 is 1.19 bits per heavy atom. The highest BCUT2D eigenvalue weighted by Crippen LogP contribution is 2.36. The second-order valence-electron chi connectivity index (χ2n) is 22.0. The van der Waals surface area contributed by atoms with Gasteiger partial charge in [-0.05, 0) is 25.7 Å². The third kappa shape index (κ3) is 23.4. The number of aliphatic carboxylic acids is 1. The smallest absolute Gasteiger partial charge is 0.364 e. The molecule has 0 bridgehead atoms. The third-order valence-electron chi connectivity index (χ3n) is 15.4. The number of carboxylic acid groups (broad SMARTS) is 1. The molecule has 0 aromatic heterocycles. The van der Waals surface area contributed by atoms with Crippen LogP contribution in [0, 0.1) is 0 Å². The Morgan fingerprint density at radius 3 is 1.71 bits per heavy atom. The number of carboxylic acids is 1. The minimum atomic E-state index is -2.87. The first-order valence-corrected chi connectivity index (χ1v) is 29.4. The summed E-state index contributed by atoms with van der Waals surface area (Å²) in [5.41, 5.74) is 0. The first-order valence-electron chi connectivity index (χ1n) is 29.4. The van der Waals surface area contributed by atoms with Crippen LogP contribution in [-0.4, -0.2) is 208 Å². The van der Waals surface area contributed by atoms with Crippen LogP contribution in [-0.2, 0) is 38.1 Å². The number of ether oxygens (including phenoxy) is 5. The van der Waals surface area contributed by atoms with Gasteiger partial charge in [0.05, 0.1) is 50.2 Å². The molecule has 0 aromatic carbocycles. The highest BCUT2D eigenvalue weighted by atomic mass is 16.8. The van der Waals surface area contributed by atoms with Crippen LogP contribution in [0.1, 0.15) is 194 Å². The van der Waals surface area contributed by atoms with E-state index in [4.69, 9.17) is 23.7 Å². The summed E-state index contributed by atoms with van der Waals surface area (Å²) in [7, 11) is 0. The largest absolute Gasteiger partial charge is 0.477 e. The maximum absolute atomic E-state index is 13.4. The lowest BCUT2D eigenvalue weighted by molar-refractivity contribution is -0.356. The number of carbonyl (C=O) groups is 3. The molecule has 22 heteroatoms. The van der Waals surface area contributed by atoms with Gasteiger partial charge in [0.2, 0.25) is 11.8 Å². The molecular weight excluding hydrogens is 1020 g/mol. The van der Waals surface area contributed by atoms with Crippen molar-refractivity contribution in [2.75, 3.05) is 19.8 Å². The third-order valence-corrected chi connectivity index (χ3v) is 15.4. The van der Waals surface area contributed by atoms with E-state index in [2.05, 4.69) is 24.5 Å². The zero-order valence-electron chi connectivity index (χ0n) is 46.8. The monoisotopic (exact) mass is 1120 g/mol. The molecular formula is C56H102N2O20. The van der Waals surface area contributed by atoms with E-state index in [0.717, 1.165) is 51.9 Å². The van der Waals surface area contributed by atoms with Gasteiger partial charge in [-0.3, -0.25) is 9.59 Å². The molecule has 78 heavy (non-hydrogen) atoms. The summed E-state index contributed by atoms with van der Waals surface area (Å²) in [5, 5.41) is 135. The standard InChI is InChI=1S/C56H102N2O20/c1-4-6-8-10-12-14-16-18-20-22-24-26-28-30-44(65)58-37(38(62)29-27-25-23-21-19-17-15-13-11-9-7-5-2)31-41-47(67)50(70)52(42(34-60)75-41)77-54-51(71)49(69)48(68)43(76-54)35-74-56(55(72)73)32-39(63)45(57-36(3)61)53(78-56)46(66)40(64)33-59/h27,29,37-43,45-54,59-60,62-64,66-71H,4-26,28,30-35H2,1-3H3,(H,57,61)(H,58,65)(H,72,73)/b29-27-/t37-,38+,39-,40+,41-,42+,43+,45+,46+,47-,48-,49-,50+,51+,52+,53+,54-,56+/m0/s1. The quantitative estimate of drug-likeness (QED) is 0.0309. The molecule has 0 unspecified atom stereocenters. The van der Waals surface area contributed by atoms with Gasteiger partial charge in [0.1, 0.15) is 67.1 Å². The number of unbranched alkanes of at least 4 members (excludes halogenated alkanes) is 22. The molecule has 14 N–H and O–H groups in total. The fourth-order valence-corrected chi connectivity index (χ4v) is 10.6. The lowest BCUT2D eigenvalue weighted by Crippen LogP contribution is -2.68. The van der Waals surface area contributed by atoms with Crippen LogP contribution in [0.15, 0.2) is 12.2 Å². The van der Waals surface area contributed by atoms with E-state index >= 15 is 0 Å². The first kappa shape index (κ1) is 69.8. The normalized spacial score (nSPS) is 31.2. The van der Waals surface area contributed by atoms with Gasteiger partial charge in [0.25, 0.3) is 5.79 Å². The van der Waals surface area contributed by atoms with E-state index in [1.165, 1.54) is 96.3 Å². The van der Waals surface area contributed by atoms with E-state index in [0.29, 0.717) is 12.8 Å². The van der Waals surface area contributed by atoms with E-state index in [-0.39, 0.29) is 18.7 Å². The number of allylic oxidation sites excluding steroid dienone is 1. The van der Waals surface area contributed by atoms with Crippen LogP contribution in [0.5, 0.6) is 0 Å². The van der Waals surface area contributed by atoms with Crippen molar-refractivity contribution in [3.05, 3.63) is 12.2 Å². The molecule has 0 radical (unpaired) electrons. The maximum Gasteiger partial charge on any atom is 0.364 e. The zero-order chi connectivity index (χ0) is 57.6. The van der Waals surface area contributed by atoms with Gasteiger partial charge >= 0.3 is 5.97 Å². The van der Waals surface area contributed by atoms with Gasteiger partial charge in [-0.25, -0.2) is 4.79 Å². The van der Waals surface area contributed by atoms with Gasteiger partial charge in [0.15, 0.2) is 6.29 Å².